The molecule has 1 rings (SSSR count). The number of hydrogen-bond donors (Lipinski definition) is 2. The Morgan fingerprint density at radius 3 is 1.35 bits per heavy atom. The van der Waals surface area contributed by atoms with Crippen molar-refractivity contribution in [3.05, 3.63) is 35.4 Å². The van der Waals surface area contributed by atoms with Crippen molar-refractivity contribution >= 4 is 58.2 Å². The van der Waals surface area contributed by atoms with Crippen LogP contribution in [0.2, 0.25) is 0 Å². The van der Waals surface area contributed by atoms with Gasteiger partial charge in [0.05, 0.1) is 0 Å². The van der Waals surface area contributed by atoms with E-state index in [4.69, 9.17) is 46.4 Å². The standard InChI is InChI=1S/C12H12Cl4N2O2/c13-9(14)5-17-11(19)7-1-2-8(4-3-7)12(20)18-6-10(15)16/h1-4,9-10H,5-6H2,(H,17,19)(H,18,20). The summed E-state index contributed by atoms with van der Waals surface area (Å²) in [6.45, 7) is 0.300. The topological polar surface area (TPSA) is 58.2 Å². The van der Waals surface area contributed by atoms with Crippen LogP contribution in [0.4, 0.5) is 0 Å². The first-order chi connectivity index (χ1) is 9.40. The Labute approximate surface area is 136 Å². The minimum Gasteiger partial charge on any atom is -0.349 e. The second-order valence-corrected chi connectivity index (χ2v) is 6.33. The zero-order chi connectivity index (χ0) is 15.1. The summed E-state index contributed by atoms with van der Waals surface area (Å²) in [5, 5.41) is 5.10. The van der Waals surface area contributed by atoms with Gasteiger partial charge in [0.15, 0.2) is 0 Å². The average Bonchev–Trinajstić information content (AvgIpc) is 2.42. The molecule has 110 valence electrons. The molecule has 0 saturated carbocycles. The molecule has 0 atom stereocenters. The lowest BCUT2D eigenvalue weighted by atomic mass is 10.1. The summed E-state index contributed by atoms with van der Waals surface area (Å²) < 4.78 is 0. The van der Waals surface area contributed by atoms with Crippen LogP contribution in [0.1, 0.15) is 20.7 Å². The van der Waals surface area contributed by atoms with Crippen molar-refractivity contribution in [1.29, 1.82) is 0 Å². The molecule has 0 unspecified atom stereocenters. The van der Waals surface area contributed by atoms with Crippen molar-refractivity contribution in [2.75, 3.05) is 13.1 Å². The monoisotopic (exact) mass is 356 g/mol. The largest absolute Gasteiger partial charge is 0.349 e. The number of alkyl halides is 4. The van der Waals surface area contributed by atoms with Gasteiger partial charge in [-0.25, -0.2) is 0 Å². The predicted molar refractivity (Wildman–Crippen MR) is 82.1 cm³/mol. The molecule has 20 heavy (non-hydrogen) atoms. The molecule has 8 heteroatoms. The lowest BCUT2D eigenvalue weighted by Gasteiger charge is -2.07. The van der Waals surface area contributed by atoms with Crippen molar-refractivity contribution in [2.45, 2.75) is 9.67 Å². The molecule has 1 aromatic carbocycles. The van der Waals surface area contributed by atoms with Crippen LogP contribution in [0.5, 0.6) is 0 Å². The Kier molecular flexibility index (Phi) is 7.45. The Morgan fingerprint density at radius 1 is 0.800 bits per heavy atom. The summed E-state index contributed by atoms with van der Waals surface area (Å²) >= 11 is 22.1. The molecule has 0 spiro atoms. The number of rotatable bonds is 6. The summed E-state index contributed by atoms with van der Waals surface area (Å²) in [7, 11) is 0. The van der Waals surface area contributed by atoms with E-state index in [2.05, 4.69) is 10.6 Å². The summed E-state index contributed by atoms with van der Waals surface area (Å²) in [5.74, 6) is -0.630. The van der Waals surface area contributed by atoms with Crippen LogP contribution in [-0.2, 0) is 0 Å². The van der Waals surface area contributed by atoms with E-state index < -0.39 is 9.67 Å². The summed E-state index contributed by atoms with van der Waals surface area (Å²) in [5.41, 5.74) is 0.811. The first kappa shape index (κ1) is 17.4. The first-order valence-corrected chi connectivity index (χ1v) is 7.37. The molecule has 1 aromatic rings. The zero-order valence-electron chi connectivity index (χ0n) is 10.2. The zero-order valence-corrected chi connectivity index (χ0v) is 13.2. The third kappa shape index (κ3) is 6.18. The van der Waals surface area contributed by atoms with Gasteiger partial charge >= 0.3 is 0 Å². The van der Waals surface area contributed by atoms with Gasteiger partial charge in [-0.15, -0.1) is 46.4 Å². The number of carbonyl (C=O) groups is 2. The molecule has 0 bridgehead atoms. The number of nitrogens with one attached hydrogen (secondary N) is 2. The van der Waals surface area contributed by atoms with Crippen LogP contribution < -0.4 is 10.6 Å². The van der Waals surface area contributed by atoms with Gasteiger partial charge in [-0.1, -0.05) is 0 Å². The fourth-order valence-electron chi connectivity index (χ4n) is 1.32. The first-order valence-electron chi connectivity index (χ1n) is 5.63. The number of hydrogen-bond acceptors (Lipinski definition) is 2. The maximum Gasteiger partial charge on any atom is 0.251 e. The van der Waals surface area contributed by atoms with Crippen LogP contribution in [0, 0.1) is 0 Å². The van der Waals surface area contributed by atoms with Crippen LogP contribution >= 0.6 is 46.4 Å². The second kappa shape index (κ2) is 8.57. The van der Waals surface area contributed by atoms with Gasteiger partial charge in [-0.05, 0) is 24.3 Å². The summed E-state index contributed by atoms with van der Waals surface area (Å²) in [6.07, 6.45) is 0. The average molecular weight is 358 g/mol. The molecule has 0 fully saturated rings. The molecule has 2 N–H and O–H groups in total. The van der Waals surface area contributed by atoms with E-state index in [1.165, 1.54) is 24.3 Å². The SMILES string of the molecule is O=C(NCC(Cl)Cl)c1ccc(C(=O)NCC(Cl)Cl)cc1. The number of carbonyl (C=O) groups excluding carboxylic acids is 2. The molecule has 0 aliphatic heterocycles. The van der Waals surface area contributed by atoms with Crippen LogP contribution in [0.3, 0.4) is 0 Å². The maximum absolute atomic E-state index is 11.7. The molecule has 2 amide bonds. The van der Waals surface area contributed by atoms with Gasteiger partial charge in [-0.2, -0.15) is 0 Å². The van der Waals surface area contributed by atoms with Gasteiger partial charge < -0.3 is 10.6 Å². The van der Waals surface area contributed by atoms with Crippen molar-refractivity contribution in [1.82, 2.24) is 10.6 Å². The van der Waals surface area contributed by atoms with Gasteiger partial charge in [0.1, 0.15) is 9.67 Å². The second-order valence-electron chi connectivity index (χ2n) is 3.78. The summed E-state index contributed by atoms with van der Waals surface area (Å²) in [4.78, 5) is 22.0. The van der Waals surface area contributed by atoms with Crippen molar-refractivity contribution in [3.63, 3.8) is 0 Å². The number of amides is 2. The molecule has 0 aliphatic carbocycles. The summed E-state index contributed by atoms with van der Waals surface area (Å²) in [6, 6.07) is 6.11. The van der Waals surface area contributed by atoms with E-state index in [1.807, 2.05) is 0 Å². The Balaban J connectivity index is 2.59. The molecule has 0 heterocycles. The van der Waals surface area contributed by atoms with E-state index in [9.17, 15) is 9.59 Å². The molecule has 4 nitrogen and oxygen atoms in total. The smallest absolute Gasteiger partial charge is 0.251 e. The van der Waals surface area contributed by atoms with Crippen molar-refractivity contribution in [2.24, 2.45) is 0 Å². The quantitative estimate of drug-likeness (QED) is 0.769. The van der Waals surface area contributed by atoms with Crippen LogP contribution in [-0.4, -0.2) is 34.6 Å². The maximum atomic E-state index is 11.7. The highest BCUT2D eigenvalue weighted by Gasteiger charge is 2.10. The molecule has 0 aromatic heterocycles. The van der Waals surface area contributed by atoms with E-state index in [1.54, 1.807) is 0 Å². The van der Waals surface area contributed by atoms with Gasteiger partial charge in [0.2, 0.25) is 0 Å². The Bertz CT molecular complexity index is 420. The molecule has 0 radical (unpaired) electrons. The van der Waals surface area contributed by atoms with E-state index in [-0.39, 0.29) is 24.9 Å². The Hall–Kier alpha value is -0.680. The highest BCUT2D eigenvalue weighted by atomic mass is 35.5. The number of benzene rings is 1. The van der Waals surface area contributed by atoms with Crippen molar-refractivity contribution in [3.8, 4) is 0 Å². The number of halogens is 4. The predicted octanol–water partition coefficient (Wildman–Crippen LogP) is 2.75. The van der Waals surface area contributed by atoms with Crippen molar-refractivity contribution < 1.29 is 9.59 Å². The third-order valence-electron chi connectivity index (χ3n) is 2.24. The minimum absolute atomic E-state index is 0.150. The highest BCUT2D eigenvalue weighted by Crippen LogP contribution is 2.06. The van der Waals surface area contributed by atoms with E-state index in [0.717, 1.165) is 0 Å². The molecule has 0 saturated heterocycles. The molecule has 0 aliphatic rings. The fourth-order valence-corrected chi connectivity index (χ4v) is 1.63. The minimum atomic E-state index is -0.664. The lowest BCUT2D eigenvalue weighted by molar-refractivity contribution is 0.0943. The van der Waals surface area contributed by atoms with Gasteiger partial charge in [0.25, 0.3) is 11.8 Å². The normalized spacial score (nSPS) is 10.7. The van der Waals surface area contributed by atoms with Crippen LogP contribution in [0.15, 0.2) is 24.3 Å². The fraction of sp³-hybridized carbons (Fsp3) is 0.333. The van der Waals surface area contributed by atoms with E-state index in [0.29, 0.717) is 11.1 Å². The third-order valence-corrected chi connectivity index (χ3v) is 2.86. The highest BCUT2D eigenvalue weighted by molar-refractivity contribution is 6.44. The lowest BCUT2D eigenvalue weighted by Crippen LogP contribution is -2.29. The van der Waals surface area contributed by atoms with Crippen LogP contribution in [0.25, 0.3) is 0 Å². The van der Waals surface area contributed by atoms with Gasteiger partial charge in [0, 0.05) is 24.2 Å². The van der Waals surface area contributed by atoms with Gasteiger partial charge in [-0.3, -0.25) is 9.59 Å². The molecular formula is C12H12Cl4N2O2. The Morgan fingerprint density at radius 2 is 1.10 bits per heavy atom. The van der Waals surface area contributed by atoms with E-state index >= 15 is 0 Å². The molecular weight excluding hydrogens is 346 g/mol.